The first kappa shape index (κ1) is 19.4. The smallest absolute Gasteiger partial charge is 0.298 e. The largest absolute Gasteiger partial charge is 0.431 e. The number of rotatable bonds is 5. The van der Waals surface area contributed by atoms with Crippen molar-refractivity contribution in [2.75, 3.05) is 18.0 Å². The van der Waals surface area contributed by atoms with Crippen molar-refractivity contribution in [3.63, 3.8) is 0 Å². The fourth-order valence-corrected chi connectivity index (χ4v) is 8.73. The van der Waals surface area contributed by atoms with E-state index in [1.807, 2.05) is 11.0 Å². The summed E-state index contributed by atoms with van der Waals surface area (Å²) in [7, 11) is -2.54. The molecule has 6 heteroatoms. The lowest BCUT2D eigenvalue weighted by Gasteiger charge is -2.49. The molecule has 0 spiro atoms. The topological polar surface area (TPSA) is 62.3 Å². The Bertz CT molecular complexity index is 960. The van der Waals surface area contributed by atoms with Crippen molar-refractivity contribution in [3.8, 4) is 6.07 Å². The number of hydrogen-bond acceptors (Lipinski definition) is 5. The van der Waals surface area contributed by atoms with Gasteiger partial charge in [0.15, 0.2) is 5.69 Å². The van der Waals surface area contributed by atoms with Crippen molar-refractivity contribution < 1.29 is 8.84 Å². The normalized spacial score (nSPS) is 15.0. The molecule has 0 atom stereocenters. The Morgan fingerprint density at radius 3 is 2.03 bits per heavy atom. The van der Waals surface area contributed by atoms with E-state index in [4.69, 9.17) is 14.1 Å². The molecular weight excluding hydrogens is 378 g/mol. The lowest BCUT2D eigenvalue weighted by molar-refractivity contribution is 0.150. The predicted molar refractivity (Wildman–Crippen MR) is 116 cm³/mol. The second-order valence-corrected chi connectivity index (χ2v) is 12.7. The lowest BCUT2D eigenvalue weighted by atomic mass is 10.2. The van der Waals surface area contributed by atoms with E-state index in [9.17, 15) is 0 Å². The molecule has 1 fully saturated rings. The van der Waals surface area contributed by atoms with Crippen LogP contribution in [0.15, 0.2) is 71.3 Å². The number of anilines is 1. The van der Waals surface area contributed by atoms with Gasteiger partial charge in [0.2, 0.25) is 0 Å². The molecule has 0 amide bonds. The number of hydrogen-bond donors (Lipinski definition) is 0. The van der Waals surface area contributed by atoms with Gasteiger partial charge in [0.1, 0.15) is 12.3 Å². The summed E-state index contributed by atoms with van der Waals surface area (Å²) < 4.78 is 12.5. The van der Waals surface area contributed by atoms with Crippen LogP contribution in [0.2, 0.25) is 5.04 Å². The van der Waals surface area contributed by atoms with E-state index in [1.165, 1.54) is 16.6 Å². The fraction of sp³-hybridized carbons (Fsp3) is 0.304. The van der Waals surface area contributed by atoms with Crippen LogP contribution in [0.1, 0.15) is 26.5 Å². The highest BCUT2D eigenvalue weighted by Crippen LogP contribution is 2.38. The van der Waals surface area contributed by atoms with Gasteiger partial charge in [0.25, 0.3) is 14.3 Å². The molecule has 2 heterocycles. The molecule has 5 nitrogen and oxygen atoms in total. The minimum absolute atomic E-state index is 0.0486. The van der Waals surface area contributed by atoms with Crippen LogP contribution in [-0.2, 0) is 4.43 Å². The van der Waals surface area contributed by atoms with Crippen LogP contribution in [0.4, 0.5) is 6.01 Å². The lowest BCUT2D eigenvalue weighted by Crippen LogP contribution is -2.70. The van der Waals surface area contributed by atoms with Crippen molar-refractivity contribution >= 4 is 24.7 Å². The summed E-state index contributed by atoms with van der Waals surface area (Å²) in [5.74, 6) is 0. The van der Waals surface area contributed by atoms with Crippen molar-refractivity contribution in [2.24, 2.45) is 0 Å². The highest BCUT2D eigenvalue weighted by atomic mass is 28.4. The third-order valence-electron chi connectivity index (χ3n) is 5.49. The molecule has 1 aromatic heterocycles. The van der Waals surface area contributed by atoms with Crippen molar-refractivity contribution in [2.45, 2.75) is 31.9 Å². The zero-order valence-electron chi connectivity index (χ0n) is 17.0. The van der Waals surface area contributed by atoms with Crippen molar-refractivity contribution in [1.29, 1.82) is 5.26 Å². The van der Waals surface area contributed by atoms with Crippen molar-refractivity contribution in [3.05, 3.63) is 72.6 Å². The molecule has 148 valence electrons. The Morgan fingerprint density at radius 1 is 1.03 bits per heavy atom. The molecule has 4 rings (SSSR count). The minimum Gasteiger partial charge on any atom is -0.431 e. The molecule has 0 N–H and O–H groups in total. The molecule has 0 aliphatic carbocycles. The maximum absolute atomic E-state index is 8.96. The van der Waals surface area contributed by atoms with Gasteiger partial charge in [-0.2, -0.15) is 10.2 Å². The zero-order chi connectivity index (χ0) is 20.5. The van der Waals surface area contributed by atoms with E-state index in [-0.39, 0.29) is 11.1 Å². The quantitative estimate of drug-likeness (QED) is 0.612. The predicted octanol–water partition coefficient (Wildman–Crippen LogP) is 3.31. The van der Waals surface area contributed by atoms with Gasteiger partial charge < -0.3 is 13.7 Å². The summed E-state index contributed by atoms with van der Waals surface area (Å²) in [6.07, 6.45) is 1.48. The van der Waals surface area contributed by atoms with E-state index in [0.717, 1.165) is 0 Å². The third kappa shape index (κ3) is 3.48. The van der Waals surface area contributed by atoms with E-state index < -0.39 is 8.32 Å². The van der Waals surface area contributed by atoms with Crippen LogP contribution in [0.3, 0.4) is 0 Å². The molecule has 0 bridgehead atoms. The van der Waals surface area contributed by atoms with Gasteiger partial charge in [-0.3, -0.25) is 0 Å². The van der Waals surface area contributed by atoms with Crippen LogP contribution in [-0.4, -0.2) is 32.5 Å². The maximum Gasteiger partial charge on any atom is 0.298 e. The first-order valence-corrected chi connectivity index (χ1v) is 11.7. The van der Waals surface area contributed by atoms with Gasteiger partial charge >= 0.3 is 0 Å². The van der Waals surface area contributed by atoms with Crippen LogP contribution in [0, 0.1) is 11.3 Å². The summed E-state index contributed by atoms with van der Waals surface area (Å²) in [4.78, 5) is 6.22. The van der Waals surface area contributed by atoms with Gasteiger partial charge in [-0.25, -0.2) is 0 Å². The van der Waals surface area contributed by atoms with E-state index in [1.54, 1.807) is 0 Å². The average molecular weight is 404 g/mol. The van der Waals surface area contributed by atoms with Gasteiger partial charge in [-0.15, -0.1) is 0 Å². The molecule has 3 aromatic rings. The number of benzene rings is 2. The second kappa shape index (κ2) is 7.51. The molecule has 0 radical (unpaired) electrons. The van der Waals surface area contributed by atoms with Crippen LogP contribution < -0.4 is 15.3 Å². The highest BCUT2D eigenvalue weighted by molar-refractivity contribution is 6.99. The van der Waals surface area contributed by atoms with Crippen LogP contribution >= 0.6 is 0 Å². The van der Waals surface area contributed by atoms with E-state index >= 15 is 0 Å². The molecule has 2 aromatic carbocycles. The van der Waals surface area contributed by atoms with Crippen LogP contribution in [0.25, 0.3) is 0 Å². The Balaban J connectivity index is 1.66. The molecule has 0 unspecified atom stereocenters. The first-order valence-electron chi connectivity index (χ1n) is 9.83. The summed E-state index contributed by atoms with van der Waals surface area (Å²) in [6, 6.07) is 23.8. The van der Waals surface area contributed by atoms with Crippen LogP contribution in [0.5, 0.6) is 0 Å². The SMILES string of the molecule is CC(C)(C)[Si](OC1CN(c2nc(C#N)co2)C1)(c1ccccc1)c1ccccc1. The number of nitrogens with zero attached hydrogens (tertiary/aromatic N) is 3. The average Bonchev–Trinajstić information content (AvgIpc) is 3.16. The summed E-state index contributed by atoms with van der Waals surface area (Å²) in [5.41, 5.74) is 0.302. The zero-order valence-corrected chi connectivity index (χ0v) is 18.0. The standard InChI is InChI=1S/C23H25N3O2Si/c1-23(2,3)29(20-10-6-4-7-11-20,21-12-8-5-9-13-21)28-19-15-26(16-19)22-25-18(14-24)17-27-22/h4-13,17,19H,15-16H2,1-3H3. The number of oxazole rings is 1. The van der Waals surface area contributed by atoms with Gasteiger partial charge in [-0.05, 0) is 15.4 Å². The molecule has 0 saturated carbocycles. The fourth-order valence-electron chi connectivity index (χ4n) is 4.07. The summed E-state index contributed by atoms with van der Waals surface area (Å²) in [6.45, 7) is 8.25. The molecular formula is C23H25N3O2Si. The Morgan fingerprint density at radius 2 is 1.59 bits per heavy atom. The molecule has 29 heavy (non-hydrogen) atoms. The molecule has 1 aliphatic rings. The van der Waals surface area contributed by atoms with Gasteiger partial charge in [-0.1, -0.05) is 81.4 Å². The Hall–Kier alpha value is -2.88. The van der Waals surface area contributed by atoms with E-state index in [0.29, 0.717) is 24.8 Å². The third-order valence-corrected chi connectivity index (χ3v) is 10.6. The minimum atomic E-state index is -2.54. The number of aromatic nitrogens is 1. The first-order chi connectivity index (χ1) is 13.9. The van der Waals surface area contributed by atoms with Gasteiger partial charge in [0.05, 0.1) is 6.10 Å². The highest BCUT2D eigenvalue weighted by Gasteiger charge is 2.52. The summed E-state index contributed by atoms with van der Waals surface area (Å²) >= 11 is 0. The van der Waals surface area contributed by atoms with Crippen molar-refractivity contribution in [1.82, 2.24) is 4.98 Å². The van der Waals surface area contributed by atoms with E-state index in [2.05, 4.69) is 86.4 Å². The molecule has 1 aliphatic heterocycles. The molecule has 1 saturated heterocycles. The summed E-state index contributed by atoms with van der Waals surface area (Å²) in [5, 5.41) is 11.5. The maximum atomic E-state index is 8.96. The second-order valence-electron chi connectivity index (χ2n) is 8.44. The Kier molecular flexibility index (Phi) is 5.03. The Labute approximate surface area is 172 Å². The van der Waals surface area contributed by atoms with Gasteiger partial charge in [0, 0.05) is 13.1 Å². The monoisotopic (exact) mass is 403 g/mol. The number of nitriles is 1.